The average molecular weight is 290 g/mol. The van der Waals surface area contributed by atoms with Gasteiger partial charge in [-0.2, -0.15) is 0 Å². The number of rotatable bonds is 4. The Bertz CT molecular complexity index is 448. The van der Waals surface area contributed by atoms with E-state index in [0.717, 1.165) is 0 Å². The first-order chi connectivity index (χ1) is 8.34. The number of halogens is 1. The maximum absolute atomic E-state index is 11.7. The molecule has 0 unspecified atom stereocenters. The molecule has 0 saturated carbocycles. The zero-order valence-corrected chi connectivity index (χ0v) is 12.3. The molecule has 0 aliphatic rings. The fraction of sp³-hybridized carbons (Fsp3) is 0.462. The van der Waals surface area contributed by atoms with Gasteiger partial charge in [0.15, 0.2) is 0 Å². The second-order valence-electron chi connectivity index (χ2n) is 4.62. The van der Waals surface area contributed by atoms with Gasteiger partial charge in [-0.3, -0.25) is 4.79 Å². The van der Waals surface area contributed by atoms with Crippen LogP contribution >= 0.6 is 12.4 Å². The van der Waals surface area contributed by atoms with E-state index in [0.29, 0.717) is 11.3 Å². The smallest absolute Gasteiger partial charge is 0.313 e. The van der Waals surface area contributed by atoms with Crippen molar-refractivity contribution in [3.63, 3.8) is 0 Å². The van der Waals surface area contributed by atoms with Gasteiger partial charge in [0, 0.05) is 17.7 Å². The number of carbonyl (C=O) groups is 1. The van der Waals surface area contributed by atoms with Crippen LogP contribution < -0.4 is 10.5 Å². The molecular weight excluding hydrogens is 270 g/mol. The summed E-state index contributed by atoms with van der Waals surface area (Å²) in [6.45, 7) is 3.35. The van der Waals surface area contributed by atoms with Crippen LogP contribution in [0.1, 0.15) is 25.5 Å². The molecule has 1 aromatic carbocycles. The van der Waals surface area contributed by atoms with Gasteiger partial charge in [-0.25, -0.2) is 0 Å². The minimum atomic E-state index is -0.930. The van der Waals surface area contributed by atoms with Gasteiger partial charge in [0.1, 0.15) is 11.5 Å². The summed E-state index contributed by atoms with van der Waals surface area (Å²) in [4.78, 5) is 11.7. The summed E-state index contributed by atoms with van der Waals surface area (Å²) in [5.74, 6) is 0.100. The molecule has 3 N–H and O–H groups in total. The minimum absolute atomic E-state index is 0. The number of ether oxygens (including phenoxy) is 2. The Balaban J connectivity index is 0.00000324. The van der Waals surface area contributed by atoms with Crippen LogP contribution in [-0.2, 0) is 9.53 Å². The van der Waals surface area contributed by atoms with Crippen LogP contribution in [0.2, 0.25) is 0 Å². The molecule has 0 saturated heterocycles. The zero-order valence-electron chi connectivity index (χ0n) is 11.5. The summed E-state index contributed by atoms with van der Waals surface area (Å²) in [5, 5.41) is 9.90. The highest BCUT2D eigenvalue weighted by Crippen LogP contribution is 2.37. The molecule has 0 radical (unpaired) electrons. The van der Waals surface area contributed by atoms with Crippen molar-refractivity contribution in [3.05, 3.63) is 23.8 Å². The number of aromatic hydroxyl groups is 1. The third-order valence-electron chi connectivity index (χ3n) is 3.06. The Kier molecular flexibility index (Phi) is 6.12. The summed E-state index contributed by atoms with van der Waals surface area (Å²) >= 11 is 0. The molecule has 0 aliphatic heterocycles. The first kappa shape index (κ1) is 17.5. The van der Waals surface area contributed by atoms with Crippen molar-refractivity contribution in [1.29, 1.82) is 0 Å². The van der Waals surface area contributed by atoms with Crippen molar-refractivity contribution in [1.82, 2.24) is 0 Å². The quantitative estimate of drug-likeness (QED) is 0.829. The van der Waals surface area contributed by atoms with Gasteiger partial charge < -0.3 is 20.3 Å². The van der Waals surface area contributed by atoms with Crippen molar-refractivity contribution in [2.75, 3.05) is 14.2 Å². The molecule has 0 fully saturated rings. The topological polar surface area (TPSA) is 81.8 Å². The zero-order chi connectivity index (χ0) is 13.9. The van der Waals surface area contributed by atoms with Gasteiger partial charge in [0.2, 0.25) is 0 Å². The Labute approximate surface area is 119 Å². The molecule has 1 aromatic rings. The highest BCUT2D eigenvalue weighted by Gasteiger charge is 2.37. The van der Waals surface area contributed by atoms with Gasteiger partial charge >= 0.3 is 5.97 Å². The molecule has 1 atom stereocenters. The molecule has 0 aromatic heterocycles. The van der Waals surface area contributed by atoms with Crippen molar-refractivity contribution in [2.24, 2.45) is 11.1 Å². The molecule has 0 heterocycles. The van der Waals surface area contributed by atoms with E-state index in [1.807, 2.05) is 0 Å². The molecule has 0 bridgehead atoms. The van der Waals surface area contributed by atoms with Crippen LogP contribution in [-0.4, -0.2) is 25.3 Å². The second kappa shape index (κ2) is 6.63. The molecule has 6 heteroatoms. The first-order valence-electron chi connectivity index (χ1n) is 5.55. The normalized spacial score (nSPS) is 12.3. The van der Waals surface area contributed by atoms with Gasteiger partial charge in [-0.15, -0.1) is 12.4 Å². The van der Waals surface area contributed by atoms with Crippen LogP contribution in [0.4, 0.5) is 0 Å². The van der Waals surface area contributed by atoms with Gasteiger partial charge in [-0.05, 0) is 19.9 Å². The number of hydrogen-bond donors (Lipinski definition) is 2. The van der Waals surface area contributed by atoms with E-state index in [1.54, 1.807) is 26.0 Å². The summed E-state index contributed by atoms with van der Waals surface area (Å²) in [7, 11) is 2.82. The average Bonchev–Trinajstić information content (AvgIpc) is 2.36. The van der Waals surface area contributed by atoms with Gasteiger partial charge in [0.05, 0.1) is 19.6 Å². The molecule has 1 rings (SSSR count). The fourth-order valence-corrected chi connectivity index (χ4v) is 1.69. The lowest BCUT2D eigenvalue weighted by molar-refractivity contribution is -0.152. The van der Waals surface area contributed by atoms with E-state index in [1.165, 1.54) is 20.3 Å². The Morgan fingerprint density at radius 1 is 1.37 bits per heavy atom. The third-order valence-corrected chi connectivity index (χ3v) is 3.06. The van der Waals surface area contributed by atoms with Crippen LogP contribution in [0, 0.1) is 5.41 Å². The standard InChI is InChI=1S/C13H19NO4.ClH/c1-13(2,12(16)18-4)11(14)9-6-5-8(17-3)7-10(9)15;/h5-7,11,15H,14H2,1-4H3;1H/t11-;/m1./s1. The highest BCUT2D eigenvalue weighted by molar-refractivity contribution is 5.85. The monoisotopic (exact) mass is 289 g/mol. The van der Waals surface area contributed by atoms with Crippen LogP contribution in [0.5, 0.6) is 11.5 Å². The lowest BCUT2D eigenvalue weighted by atomic mass is 9.80. The molecular formula is C13H20ClNO4. The van der Waals surface area contributed by atoms with Gasteiger partial charge in [0.25, 0.3) is 0 Å². The number of carbonyl (C=O) groups excluding carboxylic acids is 1. The maximum Gasteiger partial charge on any atom is 0.313 e. The number of phenols is 1. The van der Waals surface area contributed by atoms with E-state index in [4.69, 9.17) is 15.2 Å². The van der Waals surface area contributed by atoms with E-state index in [9.17, 15) is 9.90 Å². The summed E-state index contributed by atoms with van der Waals surface area (Å²) in [5.41, 5.74) is 5.59. The van der Waals surface area contributed by atoms with Crippen LogP contribution in [0.25, 0.3) is 0 Å². The van der Waals surface area contributed by atoms with Crippen LogP contribution in [0.15, 0.2) is 18.2 Å². The predicted molar refractivity (Wildman–Crippen MR) is 74.6 cm³/mol. The molecule has 0 spiro atoms. The Morgan fingerprint density at radius 2 is 1.95 bits per heavy atom. The number of nitrogens with two attached hydrogens (primary N) is 1. The number of benzene rings is 1. The first-order valence-corrected chi connectivity index (χ1v) is 5.55. The third kappa shape index (κ3) is 3.52. The van der Waals surface area contributed by atoms with E-state index in [2.05, 4.69) is 0 Å². The SMILES string of the molecule is COC(=O)C(C)(C)[C@H](N)c1ccc(OC)cc1O.Cl. The van der Waals surface area contributed by atoms with Crippen molar-refractivity contribution >= 4 is 18.4 Å². The van der Waals surface area contributed by atoms with Crippen molar-refractivity contribution < 1.29 is 19.4 Å². The van der Waals surface area contributed by atoms with E-state index < -0.39 is 17.4 Å². The minimum Gasteiger partial charge on any atom is -0.507 e. The maximum atomic E-state index is 11.7. The van der Waals surface area contributed by atoms with Crippen molar-refractivity contribution in [2.45, 2.75) is 19.9 Å². The van der Waals surface area contributed by atoms with E-state index in [-0.39, 0.29) is 18.2 Å². The fourth-order valence-electron chi connectivity index (χ4n) is 1.69. The summed E-state index contributed by atoms with van der Waals surface area (Å²) in [6, 6.07) is 4.12. The molecule has 5 nitrogen and oxygen atoms in total. The lowest BCUT2D eigenvalue weighted by Crippen LogP contribution is -2.37. The Morgan fingerprint density at radius 3 is 2.37 bits per heavy atom. The summed E-state index contributed by atoms with van der Waals surface area (Å²) in [6.07, 6.45) is 0. The van der Waals surface area contributed by atoms with Gasteiger partial charge in [-0.1, -0.05) is 6.07 Å². The second-order valence-corrected chi connectivity index (χ2v) is 4.62. The summed E-state index contributed by atoms with van der Waals surface area (Å²) < 4.78 is 9.71. The molecule has 108 valence electrons. The number of methoxy groups -OCH3 is 2. The number of esters is 1. The number of phenolic OH excluding ortho intramolecular Hbond substituents is 1. The molecule has 0 aliphatic carbocycles. The number of hydrogen-bond acceptors (Lipinski definition) is 5. The predicted octanol–water partition coefficient (Wildman–Crippen LogP) is 2.02. The Hall–Kier alpha value is -1.46. The molecule has 0 amide bonds. The highest BCUT2D eigenvalue weighted by atomic mass is 35.5. The van der Waals surface area contributed by atoms with Crippen molar-refractivity contribution in [3.8, 4) is 11.5 Å². The van der Waals surface area contributed by atoms with E-state index >= 15 is 0 Å². The largest absolute Gasteiger partial charge is 0.507 e. The van der Waals surface area contributed by atoms with Crippen LogP contribution in [0.3, 0.4) is 0 Å². The lowest BCUT2D eigenvalue weighted by Gasteiger charge is -2.29. The molecule has 19 heavy (non-hydrogen) atoms.